The van der Waals surface area contributed by atoms with Gasteiger partial charge in [0.15, 0.2) is 0 Å². The smallest absolute Gasteiger partial charge is 0.213 e. The first-order chi connectivity index (χ1) is 5.86. The van der Waals surface area contributed by atoms with Crippen molar-refractivity contribution >= 4 is 0 Å². The number of nitrogens with one attached hydrogen (secondary N) is 1. The van der Waals surface area contributed by atoms with Gasteiger partial charge in [-0.25, -0.2) is 4.98 Å². The van der Waals surface area contributed by atoms with Crippen LogP contribution in [0.4, 0.5) is 4.39 Å². The van der Waals surface area contributed by atoms with Crippen molar-refractivity contribution in [1.29, 1.82) is 0 Å². The maximum atomic E-state index is 12.6. The molecule has 0 spiro atoms. The molecule has 59 valence electrons. The molecular weight excluding hydrogens is 157 g/mol. The zero-order valence-corrected chi connectivity index (χ0v) is 6.08. The van der Waals surface area contributed by atoms with Crippen LogP contribution in [0.1, 0.15) is 0 Å². The van der Waals surface area contributed by atoms with Gasteiger partial charge in [-0.2, -0.15) is 9.49 Å². The van der Waals surface area contributed by atoms with E-state index in [1.807, 2.05) is 0 Å². The summed E-state index contributed by atoms with van der Waals surface area (Å²) in [6.45, 7) is 0. The topological polar surface area (TPSA) is 41.6 Å². The number of hydrogen-bond donors (Lipinski definition) is 1. The van der Waals surface area contributed by atoms with Crippen molar-refractivity contribution in [2.45, 2.75) is 0 Å². The molecule has 4 heteroatoms. The van der Waals surface area contributed by atoms with E-state index in [1.54, 1.807) is 18.2 Å². The van der Waals surface area contributed by atoms with E-state index in [0.29, 0.717) is 11.4 Å². The number of halogens is 1. The highest BCUT2D eigenvalue weighted by Crippen LogP contribution is 2.11. The SMILES string of the molecule is Fc1cccc(-c2c[c]n[nH]2)n1. The maximum absolute atomic E-state index is 12.6. The van der Waals surface area contributed by atoms with Gasteiger partial charge >= 0.3 is 0 Å². The largest absolute Gasteiger partial charge is 0.276 e. The number of H-pyrrole nitrogens is 1. The van der Waals surface area contributed by atoms with Gasteiger partial charge in [-0.1, -0.05) is 6.07 Å². The molecule has 0 aliphatic carbocycles. The minimum atomic E-state index is -0.498. The lowest BCUT2D eigenvalue weighted by Crippen LogP contribution is -1.86. The Balaban J connectivity index is 2.48. The fourth-order valence-corrected chi connectivity index (χ4v) is 0.911. The summed E-state index contributed by atoms with van der Waals surface area (Å²) >= 11 is 0. The lowest BCUT2D eigenvalue weighted by molar-refractivity contribution is 0.585. The van der Waals surface area contributed by atoms with Gasteiger partial charge in [-0.3, -0.25) is 5.10 Å². The molecule has 0 saturated heterocycles. The zero-order valence-electron chi connectivity index (χ0n) is 6.08. The maximum Gasteiger partial charge on any atom is 0.213 e. The van der Waals surface area contributed by atoms with Gasteiger partial charge < -0.3 is 0 Å². The van der Waals surface area contributed by atoms with E-state index < -0.39 is 5.95 Å². The standard InChI is InChI=1S/C8H5FN3/c9-8-3-1-2-6(11-8)7-4-5-10-12-7/h1-4H,(H,10,12). The van der Waals surface area contributed by atoms with Crippen LogP contribution in [0.2, 0.25) is 0 Å². The van der Waals surface area contributed by atoms with Crippen molar-refractivity contribution in [3.05, 3.63) is 36.4 Å². The Hall–Kier alpha value is -1.71. The van der Waals surface area contributed by atoms with Crippen LogP contribution in [0.25, 0.3) is 11.4 Å². The van der Waals surface area contributed by atoms with E-state index in [9.17, 15) is 4.39 Å². The molecule has 2 heterocycles. The van der Waals surface area contributed by atoms with Crippen LogP contribution in [-0.2, 0) is 0 Å². The fourth-order valence-electron chi connectivity index (χ4n) is 0.911. The Morgan fingerprint density at radius 1 is 1.42 bits per heavy atom. The van der Waals surface area contributed by atoms with E-state index in [2.05, 4.69) is 21.4 Å². The molecule has 1 N–H and O–H groups in total. The number of aromatic nitrogens is 3. The van der Waals surface area contributed by atoms with Gasteiger partial charge in [0.05, 0.1) is 11.4 Å². The van der Waals surface area contributed by atoms with Crippen LogP contribution in [0, 0.1) is 12.1 Å². The second-order valence-electron chi connectivity index (χ2n) is 2.26. The van der Waals surface area contributed by atoms with Gasteiger partial charge in [-0.05, 0) is 18.2 Å². The van der Waals surface area contributed by atoms with Crippen LogP contribution >= 0.6 is 0 Å². The molecule has 1 radical (unpaired) electrons. The Bertz CT molecular complexity index is 370. The van der Waals surface area contributed by atoms with Crippen molar-refractivity contribution in [1.82, 2.24) is 15.2 Å². The molecule has 0 atom stereocenters. The van der Waals surface area contributed by atoms with E-state index in [0.717, 1.165) is 0 Å². The molecule has 0 aliphatic rings. The molecule has 2 aromatic heterocycles. The Morgan fingerprint density at radius 3 is 3.00 bits per heavy atom. The number of rotatable bonds is 1. The van der Waals surface area contributed by atoms with Crippen molar-refractivity contribution < 1.29 is 4.39 Å². The monoisotopic (exact) mass is 162 g/mol. The molecule has 0 amide bonds. The highest BCUT2D eigenvalue weighted by molar-refractivity contribution is 5.52. The summed E-state index contributed by atoms with van der Waals surface area (Å²) in [4.78, 5) is 3.66. The molecule has 0 aromatic carbocycles. The third-order valence-electron chi connectivity index (χ3n) is 1.44. The first-order valence-corrected chi connectivity index (χ1v) is 3.40. The number of nitrogens with zero attached hydrogens (tertiary/aromatic N) is 2. The molecule has 2 rings (SSSR count). The van der Waals surface area contributed by atoms with Gasteiger partial charge in [0.1, 0.15) is 6.20 Å². The number of aromatic amines is 1. The van der Waals surface area contributed by atoms with Gasteiger partial charge in [-0.15, -0.1) is 0 Å². The number of hydrogen-bond acceptors (Lipinski definition) is 2. The summed E-state index contributed by atoms with van der Waals surface area (Å²) < 4.78 is 12.6. The van der Waals surface area contributed by atoms with Crippen LogP contribution in [0.15, 0.2) is 24.3 Å². The molecule has 3 nitrogen and oxygen atoms in total. The predicted molar refractivity (Wildman–Crippen MR) is 40.6 cm³/mol. The third kappa shape index (κ3) is 1.18. The highest BCUT2D eigenvalue weighted by atomic mass is 19.1. The molecule has 0 bridgehead atoms. The van der Waals surface area contributed by atoms with Gasteiger partial charge in [0, 0.05) is 0 Å². The van der Waals surface area contributed by atoms with Crippen molar-refractivity contribution in [2.24, 2.45) is 0 Å². The summed E-state index contributed by atoms with van der Waals surface area (Å²) in [6.07, 6.45) is 2.58. The second-order valence-corrected chi connectivity index (χ2v) is 2.26. The van der Waals surface area contributed by atoms with Crippen LogP contribution in [0.5, 0.6) is 0 Å². The molecule has 0 saturated carbocycles. The summed E-state index contributed by atoms with van der Waals surface area (Å²) in [6, 6.07) is 6.20. The Labute approximate surface area is 68.3 Å². The van der Waals surface area contributed by atoms with Crippen molar-refractivity contribution in [3.8, 4) is 11.4 Å². The van der Waals surface area contributed by atoms with Crippen LogP contribution < -0.4 is 0 Å². The van der Waals surface area contributed by atoms with Crippen LogP contribution in [0.3, 0.4) is 0 Å². The molecular formula is C8H5FN3. The molecule has 2 aromatic rings. The first kappa shape index (κ1) is 6.97. The summed E-state index contributed by atoms with van der Waals surface area (Å²) in [7, 11) is 0. The molecule has 0 aliphatic heterocycles. The predicted octanol–water partition coefficient (Wildman–Crippen LogP) is 1.41. The normalized spacial score (nSPS) is 10.1. The average molecular weight is 162 g/mol. The number of pyridine rings is 1. The van der Waals surface area contributed by atoms with E-state index in [4.69, 9.17) is 0 Å². The minimum absolute atomic E-state index is 0.498. The lowest BCUT2D eigenvalue weighted by Gasteiger charge is -1.94. The average Bonchev–Trinajstić information content (AvgIpc) is 2.56. The highest BCUT2D eigenvalue weighted by Gasteiger charge is 2.00. The lowest BCUT2D eigenvalue weighted by atomic mass is 10.3. The van der Waals surface area contributed by atoms with Gasteiger partial charge in [0.25, 0.3) is 0 Å². The third-order valence-corrected chi connectivity index (χ3v) is 1.44. The fraction of sp³-hybridized carbons (Fsp3) is 0. The van der Waals surface area contributed by atoms with E-state index >= 15 is 0 Å². The van der Waals surface area contributed by atoms with E-state index in [-0.39, 0.29) is 0 Å². The van der Waals surface area contributed by atoms with Crippen molar-refractivity contribution in [2.75, 3.05) is 0 Å². The first-order valence-electron chi connectivity index (χ1n) is 3.40. The zero-order chi connectivity index (χ0) is 8.39. The van der Waals surface area contributed by atoms with Crippen molar-refractivity contribution in [3.63, 3.8) is 0 Å². The second kappa shape index (κ2) is 2.73. The summed E-state index contributed by atoms with van der Waals surface area (Å²) in [5, 5.41) is 6.26. The Morgan fingerprint density at radius 2 is 2.33 bits per heavy atom. The quantitative estimate of drug-likeness (QED) is 0.644. The molecule has 12 heavy (non-hydrogen) atoms. The Kier molecular flexibility index (Phi) is 1.59. The summed E-state index contributed by atoms with van der Waals surface area (Å²) in [5.41, 5.74) is 1.19. The van der Waals surface area contributed by atoms with Crippen LogP contribution in [-0.4, -0.2) is 15.2 Å². The summed E-state index contributed by atoms with van der Waals surface area (Å²) in [5.74, 6) is -0.498. The molecule has 0 unspecified atom stereocenters. The minimum Gasteiger partial charge on any atom is -0.276 e. The van der Waals surface area contributed by atoms with E-state index in [1.165, 1.54) is 6.07 Å². The molecule has 0 fully saturated rings. The van der Waals surface area contributed by atoms with Gasteiger partial charge in [0.2, 0.25) is 5.95 Å².